The standard InChI is InChI=1S/C19H20F3N7O/c20-19(21,22)14-2-1-12(9-25-14)28-17(30)18(10-23)4-7-29(8-5-18)16-13-3-6-24-15(13)26-11-27-16/h1-3,6,9,11H,4-5,7-8,10,23H2,(H,28,30)(H,24,26,27). The first-order chi connectivity index (χ1) is 14.3. The van der Waals surface area contributed by atoms with Crippen molar-refractivity contribution in [3.05, 3.63) is 42.6 Å². The van der Waals surface area contributed by atoms with Crippen molar-refractivity contribution in [2.24, 2.45) is 11.1 Å². The van der Waals surface area contributed by atoms with Crippen molar-refractivity contribution < 1.29 is 18.0 Å². The van der Waals surface area contributed by atoms with E-state index >= 15 is 0 Å². The molecule has 11 heteroatoms. The maximum Gasteiger partial charge on any atom is 0.433 e. The first-order valence-corrected chi connectivity index (χ1v) is 9.40. The Morgan fingerprint density at radius 3 is 2.60 bits per heavy atom. The summed E-state index contributed by atoms with van der Waals surface area (Å²) in [7, 11) is 0. The van der Waals surface area contributed by atoms with E-state index in [4.69, 9.17) is 5.73 Å². The number of hydrogen-bond acceptors (Lipinski definition) is 6. The number of hydrogen-bond donors (Lipinski definition) is 3. The zero-order valence-corrected chi connectivity index (χ0v) is 15.9. The minimum atomic E-state index is -4.53. The maximum atomic E-state index is 12.9. The lowest BCUT2D eigenvalue weighted by atomic mass is 9.77. The number of aromatic amines is 1. The fourth-order valence-electron chi connectivity index (χ4n) is 3.68. The highest BCUT2D eigenvalue weighted by molar-refractivity contribution is 5.96. The van der Waals surface area contributed by atoms with Gasteiger partial charge >= 0.3 is 6.18 Å². The Hall–Kier alpha value is -3.21. The van der Waals surface area contributed by atoms with Crippen molar-refractivity contribution in [1.82, 2.24) is 19.9 Å². The van der Waals surface area contributed by atoms with Crippen LogP contribution in [0.4, 0.5) is 24.7 Å². The van der Waals surface area contributed by atoms with Gasteiger partial charge in [-0.25, -0.2) is 15.0 Å². The molecule has 0 radical (unpaired) electrons. The number of pyridine rings is 1. The van der Waals surface area contributed by atoms with Crippen LogP contribution in [0, 0.1) is 5.41 Å². The quantitative estimate of drug-likeness (QED) is 0.599. The van der Waals surface area contributed by atoms with E-state index < -0.39 is 17.3 Å². The molecule has 30 heavy (non-hydrogen) atoms. The summed E-state index contributed by atoms with van der Waals surface area (Å²) >= 11 is 0. The Morgan fingerprint density at radius 2 is 1.97 bits per heavy atom. The van der Waals surface area contributed by atoms with E-state index in [1.807, 2.05) is 6.07 Å². The van der Waals surface area contributed by atoms with Crippen LogP contribution < -0.4 is 16.0 Å². The number of carbonyl (C=O) groups excluding carboxylic acids is 1. The molecule has 3 aromatic heterocycles. The number of fused-ring (bicyclic) bond motifs is 1. The molecule has 0 saturated carbocycles. The number of rotatable bonds is 4. The van der Waals surface area contributed by atoms with E-state index in [1.165, 1.54) is 12.4 Å². The van der Waals surface area contributed by atoms with Gasteiger partial charge in [0.05, 0.1) is 22.7 Å². The molecule has 0 atom stereocenters. The molecule has 4 rings (SSSR count). The average Bonchev–Trinajstić information content (AvgIpc) is 3.22. The van der Waals surface area contributed by atoms with Gasteiger partial charge in [-0.05, 0) is 31.0 Å². The summed E-state index contributed by atoms with van der Waals surface area (Å²) < 4.78 is 38.0. The second kappa shape index (κ2) is 7.56. The van der Waals surface area contributed by atoms with E-state index in [1.54, 1.807) is 6.20 Å². The van der Waals surface area contributed by atoms with Crippen molar-refractivity contribution in [2.75, 3.05) is 29.9 Å². The van der Waals surface area contributed by atoms with Gasteiger partial charge in [0.25, 0.3) is 0 Å². The Bertz CT molecular complexity index is 1040. The number of aromatic nitrogens is 4. The number of anilines is 2. The number of piperidine rings is 1. The molecule has 8 nitrogen and oxygen atoms in total. The lowest BCUT2D eigenvalue weighted by molar-refractivity contribution is -0.141. The van der Waals surface area contributed by atoms with Gasteiger partial charge in [0.1, 0.15) is 23.5 Å². The number of amides is 1. The molecule has 0 unspecified atom stereocenters. The molecule has 1 fully saturated rings. The summed E-state index contributed by atoms with van der Waals surface area (Å²) in [6.07, 6.45) is 0.730. The third kappa shape index (κ3) is 3.67. The summed E-state index contributed by atoms with van der Waals surface area (Å²) in [6.45, 7) is 1.25. The smallest absolute Gasteiger partial charge is 0.356 e. The highest BCUT2D eigenvalue weighted by Crippen LogP contribution is 2.35. The number of carbonyl (C=O) groups is 1. The fourth-order valence-corrected chi connectivity index (χ4v) is 3.68. The number of H-pyrrole nitrogens is 1. The number of nitrogens with two attached hydrogens (primary N) is 1. The lowest BCUT2D eigenvalue weighted by Crippen LogP contribution is -2.50. The van der Waals surface area contributed by atoms with Gasteiger partial charge in [-0.15, -0.1) is 0 Å². The predicted molar refractivity (Wildman–Crippen MR) is 105 cm³/mol. The number of nitrogens with zero attached hydrogens (tertiary/aromatic N) is 4. The molecule has 1 aliphatic heterocycles. The molecular weight excluding hydrogens is 399 g/mol. The summed E-state index contributed by atoms with van der Waals surface area (Å²) in [5.74, 6) is 0.472. The fraction of sp³-hybridized carbons (Fsp3) is 0.368. The summed E-state index contributed by atoms with van der Waals surface area (Å²) in [6, 6.07) is 3.93. The average molecular weight is 419 g/mol. The topological polar surface area (TPSA) is 113 Å². The third-order valence-corrected chi connectivity index (χ3v) is 5.54. The molecular formula is C19H20F3N7O. The van der Waals surface area contributed by atoms with Crippen LogP contribution in [0.3, 0.4) is 0 Å². The van der Waals surface area contributed by atoms with Crippen molar-refractivity contribution in [2.45, 2.75) is 19.0 Å². The highest BCUT2D eigenvalue weighted by Gasteiger charge is 2.41. The molecule has 0 aliphatic carbocycles. The van der Waals surface area contributed by atoms with Crippen LogP contribution in [0.5, 0.6) is 0 Å². The molecule has 0 bridgehead atoms. The highest BCUT2D eigenvalue weighted by atomic mass is 19.4. The van der Waals surface area contributed by atoms with E-state index in [0.717, 1.165) is 29.1 Å². The number of nitrogens with one attached hydrogen (secondary N) is 2. The Morgan fingerprint density at radius 1 is 1.20 bits per heavy atom. The molecule has 4 heterocycles. The van der Waals surface area contributed by atoms with Gasteiger partial charge in [-0.2, -0.15) is 13.2 Å². The van der Waals surface area contributed by atoms with Gasteiger partial charge in [0.2, 0.25) is 5.91 Å². The van der Waals surface area contributed by atoms with E-state index in [0.29, 0.717) is 25.9 Å². The van der Waals surface area contributed by atoms with Crippen LogP contribution in [0.15, 0.2) is 36.9 Å². The van der Waals surface area contributed by atoms with Crippen LogP contribution >= 0.6 is 0 Å². The predicted octanol–water partition coefficient (Wildman–Crippen LogP) is 2.56. The van der Waals surface area contributed by atoms with Crippen molar-refractivity contribution >= 4 is 28.4 Å². The summed E-state index contributed by atoms with van der Waals surface area (Å²) in [4.78, 5) is 30.0. The first kappa shape index (κ1) is 20.1. The van der Waals surface area contributed by atoms with Crippen molar-refractivity contribution in [3.8, 4) is 0 Å². The Balaban J connectivity index is 1.46. The van der Waals surface area contributed by atoms with Gasteiger partial charge in [-0.1, -0.05) is 0 Å². The third-order valence-electron chi connectivity index (χ3n) is 5.54. The summed E-state index contributed by atoms with van der Waals surface area (Å²) in [5, 5.41) is 3.57. The van der Waals surface area contributed by atoms with Crippen LogP contribution in [-0.2, 0) is 11.0 Å². The van der Waals surface area contributed by atoms with Gasteiger partial charge in [0, 0.05) is 25.8 Å². The van der Waals surface area contributed by atoms with E-state index in [-0.39, 0.29) is 18.1 Å². The molecule has 4 N–H and O–H groups in total. The number of halogens is 3. The minimum absolute atomic E-state index is 0.129. The second-order valence-electron chi connectivity index (χ2n) is 7.29. The number of alkyl halides is 3. The van der Waals surface area contributed by atoms with E-state index in [9.17, 15) is 18.0 Å². The maximum absolute atomic E-state index is 12.9. The lowest BCUT2D eigenvalue weighted by Gasteiger charge is -2.40. The minimum Gasteiger partial charge on any atom is -0.356 e. The van der Waals surface area contributed by atoms with Crippen LogP contribution in [0.25, 0.3) is 11.0 Å². The molecule has 1 amide bonds. The summed E-state index contributed by atoms with van der Waals surface area (Å²) in [5.41, 5.74) is 5.07. The van der Waals surface area contributed by atoms with Crippen LogP contribution in [0.1, 0.15) is 18.5 Å². The molecule has 158 valence electrons. The SMILES string of the molecule is NCC1(C(=O)Nc2ccc(C(F)(F)F)nc2)CCN(c2ncnc3[nH]ccc23)CC1. The zero-order chi connectivity index (χ0) is 21.4. The molecule has 1 saturated heterocycles. The van der Waals surface area contributed by atoms with Crippen molar-refractivity contribution in [3.63, 3.8) is 0 Å². The second-order valence-corrected chi connectivity index (χ2v) is 7.29. The van der Waals surface area contributed by atoms with Gasteiger partial charge in [0.15, 0.2) is 0 Å². The van der Waals surface area contributed by atoms with Crippen molar-refractivity contribution in [1.29, 1.82) is 0 Å². The Labute approximate surface area is 169 Å². The molecule has 1 aliphatic rings. The first-order valence-electron chi connectivity index (χ1n) is 9.40. The zero-order valence-electron chi connectivity index (χ0n) is 15.9. The van der Waals surface area contributed by atoms with E-state index in [2.05, 4.69) is 30.2 Å². The van der Waals surface area contributed by atoms with Crippen LogP contribution in [0.2, 0.25) is 0 Å². The largest absolute Gasteiger partial charge is 0.433 e. The monoisotopic (exact) mass is 419 g/mol. The molecule has 3 aromatic rings. The Kier molecular flexibility index (Phi) is 5.06. The van der Waals surface area contributed by atoms with Gasteiger partial charge < -0.3 is 20.9 Å². The normalized spacial score (nSPS) is 16.6. The molecule has 0 aromatic carbocycles. The molecule has 0 spiro atoms. The van der Waals surface area contributed by atoms with Gasteiger partial charge in [-0.3, -0.25) is 4.79 Å². The van der Waals surface area contributed by atoms with Crippen LogP contribution in [-0.4, -0.2) is 45.5 Å².